The summed E-state index contributed by atoms with van der Waals surface area (Å²) in [4.78, 5) is 30.9. The number of methoxy groups -OCH3 is 1. The Morgan fingerprint density at radius 2 is 1.51 bits per heavy atom. The summed E-state index contributed by atoms with van der Waals surface area (Å²) in [5.41, 5.74) is 2.70. The van der Waals surface area contributed by atoms with Crippen LogP contribution in [0.4, 0.5) is 5.69 Å². The van der Waals surface area contributed by atoms with Crippen LogP contribution in [0.3, 0.4) is 0 Å². The van der Waals surface area contributed by atoms with Crippen LogP contribution < -0.4 is 15.0 Å². The van der Waals surface area contributed by atoms with Crippen molar-refractivity contribution in [3.8, 4) is 5.75 Å². The molecule has 0 bridgehead atoms. The highest BCUT2D eigenvalue weighted by molar-refractivity contribution is 7.90. The van der Waals surface area contributed by atoms with Crippen LogP contribution in [-0.4, -0.2) is 64.7 Å². The Hall–Kier alpha value is -3.85. The minimum Gasteiger partial charge on any atom is -0.497 e. The van der Waals surface area contributed by atoms with Crippen LogP contribution in [-0.2, 0) is 14.6 Å². The summed E-state index contributed by atoms with van der Waals surface area (Å²) in [7, 11) is -1.83. The maximum Gasteiger partial charge on any atom is 0.252 e. The maximum absolute atomic E-state index is 13.8. The molecule has 1 aliphatic heterocycles. The number of hydrogen-bond acceptors (Lipinski definition) is 6. The second kappa shape index (κ2) is 11.0. The van der Waals surface area contributed by atoms with E-state index in [0.29, 0.717) is 43.2 Å². The van der Waals surface area contributed by atoms with Crippen LogP contribution in [0.25, 0.3) is 0 Å². The fraction of sp³-hybridized carbons (Fsp3) is 0.286. The summed E-state index contributed by atoms with van der Waals surface area (Å²) < 4.78 is 29.7. The number of nitrogens with zero attached hydrogens (tertiary/aromatic N) is 2. The van der Waals surface area contributed by atoms with Gasteiger partial charge >= 0.3 is 0 Å². The summed E-state index contributed by atoms with van der Waals surface area (Å²) in [6.45, 7) is 3.67. The molecule has 0 spiro atoms. The van der Waals surface area contributed by atoms with Crippen molar-refractivity contribution in [3.63, 3.8) is 0 Å². The Morgan fingerprint density at radius 3 is 2.14 bits per heavy atom. The number of carbonyl (C=O) groups is 2. The maximum atomic E-state index is 13.8. The van der Waals surface area contributed by atoms with Crippen LogP contribution in [0.5, 0.6) is 5.75 Å². The van der Waals surface area contributed by atoms with Crippen molar-refractivity contribution in [3.05, 3.63) is 89.5 Å². The molecule has 2 amide bonds. The number of benzene rings is 3. The highest BCUT2D eigenvalue weighted by Gasteiger charge is 2.32. The summed E-state index contributed by atoms with van der Waals surface area (Å²) in [5.74, 6) is 0.0792. The van der Waals surface area contributed by atoms with Gasteiger partial charge in [-0.05, 0) is 54.4 Å². The monoisotopic (exact) mass is 521 g/mol. The van der Waals surface area contributed by atoms with Crippen molar-refractivity contribution in [2.45, 2.75) is 17.9 Å². The van der Waals surface area contributed by atoms with Crippen LogP contribution in [0, 0.1) is 6.92 Å². The number of nitrogens with one attached hydrogen (secondary N) is 1. The number of sulfone groups is 1. The number of anilines is 1. The number of ether oxygens (including phenoxy) is 1. The van der Waals surface area contributed by atoms with E-state index in [9.17, 15) is 18.0 Å². The van der Waals surface area contributed by atoms with E-state index in [4.69, 9.17) is 4.74 Å². The Bertz CT molecular complexity index is 1380. The van der Waals surface area contributed by atoms with Gasteiger partial charge in [-0.15, -0.1) is 0 Å². The Labute approximate surface area is 217 Å². The number of amides is 2. The summed E-state index contributed by atoms with van der Waals surface area (Å²) in [6.07, 6.45) is 1.20. The molecule has 0 radical (unpaired) electrons. The molecule has 1 N–H and O–H groups in total. The van der Waals surface area contributed by atoms with Gasteiger partial charge in [0.1, 0.15) is 11.8 Å². The Kier molecular flexibility index (Phi) is 7.83. The van der Waals surface area contributed by atoms with Gasteiger partial charge in [0.25, 0.3) is 5.91 Å². The van der Waals surface area contributed by atoms with Crippen molar-refractivity contribution in [2.24, 2.45) is 0 Å². The van der Waals surface area contributed by atoms with Crippen LogP contribution >= 0.6 is 0 Å². The zero-order valence-corrected chi connectivity index (χ0v) is 22.0. The van der Waals surface area contributed by atoms with E-state index < -0.39 is 15.9 Å². The van der Waals surface area contributed by atoms with E-state index in [1.807, 2.05) is 42.2 Å². The Balaban J connectivity index is 1.54. The summed E-state index contributed by atoms with van der Waals surface area (Å²) in [5, 5.41) is 2.93. The van der Waals surface area contributed by atoms with Gasteiger partial charge in [-0.2, -0.15) is 0 Å². The third kappa shape index (κ3) is 5.94. The first kappa shape index (κ1) is 26.2. The van der Waals surface area contributed by atoms with Gasteiger partial charge in [0, 0.05) is 38.0 Å². The van der Waals surface area contributed by atoms with E-state index in [1.165, 1.54) is 6.26 Å². The van der Waals surface area contributed by atoms with Gasteiger partial charge in [0.15, 0.2) is 9.84 Å². The van der Waals surface area contributed by atoms with Crippen LogP contribution in [0.15, 0.2) is 77.7 Å². The molecule has 1 atom stereocenters. The molecule has 1 unspecified atom stereocenters. The number of hydrogen-bond donors (Lipinski definition) is 1. The molecule has 0 aromatic heterocycles. The number of piperazine rings is 1. The third-order valence-corrected chi connectivity index (χ3v) is 7.71. The average molecular weight is 522 g/mol. The average Bonchev–Trinajstić information content (AvgIpc) is 2.91. The highest BCUT2D eigenvalue weighted by atomic mass is 32.2. The quantitative estimate of drug-likeness (QED) is 0.513. The lowest BCUT2D eigenvalue weighted by atomic mass is 9.99. The highest BCUT2D eigenvalue weighted by Crippen LogP contribution is 2.27. The first-order chi connectivity index (χ1) is 17.7. The topological polar surface area (TPSA) is 96.0 Å². The number of carbonyl (C=O) groups excluding carboxylic acids is 2. The van der Waals surface area contributed by atoms with Crippen molar-refractivity contribution in [1.82, 2.24) is 10.2 Å². The van der Waals surface area contributed by atoms with Crippen molar-refractivity contribution < 1.29 is 22.7 Å². The first-order valence-electron chi connectivity index (χ1n) is 12.0. The molecule has 3 aromatic rings. The standard InChI is InChI=1S/C28H31N3O5S/c1-20-8-4-5-9-23(20)26(29-27(32)21-12-14-22(36-2)15-13-21)28(33)31-18-16-30(17-19-31)24-10-6-7-11-25(24)37(3,34)35/h4-15,26H,16-19H2,1-3H3,(H,29,32). The molecule has 4 rings (SSSR count). The van der Waals surface area contributed by atoms with Gasteiger partial charge < -0.3 is 19.9 Å². The second-order valence-electron chi connectivity index (χ2n) is 9.04. The SMILES string of the molecule is COc1ccc(C(=O)NC(C(=O)N2CCN(c3ccccc3S(C)(=O)=O)CC2)c2ccccc2C)cc1. The molecule has 194 valence electrons. The lowest BCUT2D eigenvalue weighted by Gasteiger charge is -2.38. The van der Waals surface area contributed by atoms with E-state index in [1.54, 1.807) is 54.5 Å². The molecular weight excluding hydrogens is 490 g/mol. The zero-order valence-electron chi connectivity index (χ0n) is 21.2. The molecule has 1 heterocycles. The lowest BCUT2D eigenvalue weighted by molar-refractivity contribution is -0.133. The lowest BCUT2D eigenvalue weighted by Crippen LogP contribution is -2.52. The number of aryl methyl sites for hydroxylation is 1. The predicted molar refractivity (Wildman–Crippen MR) is 143 cm³/mol. The molecular formula is C28H31N3O5S. The van der Waals surface area contributed by atoms with Gasteiger partial charge in [-0.1, -0.05) is 36.4 Å². The van der Waals surface area contributed by atoms with E-state index in [2.05, 4.69) is 5.32 Å². The fourth-order valence-corrected chi connectivity index (χ4v) is 5.43. The first-order valence-corrected chi connectivity index (χ1v) is 13.9. The minimum absolute atomic E-state index is 0.202. The smallest absolute Gasteiger partial charge is 0.252 e. The number of rotatable bonds is 7. The van der Waals surface area contributed by atoms with Crippen molar-refractivity contribution in [2.75, 3.05) is 44.4 Å². The zero-order chi connectivity index (χ0) is 26.6. The van der Waals surface area contributed by atoms with Gasteiger partial charge in [-0.25, -0.2) is 8.42 Å². The molecule has 9 heteroatoms. The molecule has 1 fully saturated rings. The molecule has 0 saturated carbocycles. The summed E-state index contributed by atoms with van der Waals surface area (Å²) in [6, 6.07) is 20.3. The number of para-hydroxylation sites is 1. The molecule has 1 aliphatic rings. The van der Waals surface area contributed by atoms with E-state index >= 15 is 0 Å². The van der Waals surface area contributed by atoms with E-state index in [0.717, 1.165) is 11.1 Å². The largest absolute Gasteiger partial charge is 0.497 e. The molecule has 3 aromatic carbocycles. The van der Waals surface area contributed by atoms with Crippen molar-refractivity contribution >= 4 is 27.3 Å². The molecule has 8 nitrogen and oxygen atoms in total. The van der Waals surface area contributed by atoms with Crippen molar-refractivity contribution in [1.29, 1.82) is 0 Å². The third-order valence-electron chi connectivity index (χ3n) is 6.57. The van der Waals surface area contributed by atoms with Crippen LogP contribution in [0.1, 0.15) is 27.5 Å². The van der Waals surface area contributed by atoms with Gasteiger partial charge in [-0.3, -0.25) is 9.59 Å². The van der Waals surface area contributed by atoms with Crippen LogP contribution in [0.2, 0.25) is 0 Å². The van der Waals surface area contributed by atoms with Gasteiger partial charge in [0.05, 0.1) is 17.7 Å². The molecule has 0 aliphatic carbocycles. The Morgan fingerprint density at radius 1 is 0.892 bits per heavy atom. The molecule has 37 heavy (non-hydrogen) atoms. The van der Waals surface area contributed by atoms with E-state index in [-0.39, 0.29) is 16.7 Å². The summed E-state index contributed by atoms with van der Waals surface area (Å²) >= 11 is 0. The van der Waals surface area contributed by atoms with Gasteiger partial charge in [0.2, 0.25) is 5.91 Å². The minimum atomic E-state index is -3.39. The molecule has 1 saturated heterocycles. The second-order valence-corrected chi connectivity index (χ2v) is 11.0. The normalized spacial score (nSPS) is 14.7. The fourth-order valence-electron chi connectivity index (χ4n) is 4.52. The predicted octanol–water partition coefficient (Wildman–Crippen LogP) is 3.23.